The van der Waals surface area contributed by atoms with Crippen LogP contribution in [0.4, 0.5) is 5.69 Å². The molecule has 3 rings (SSSR count). The predicted octanol–water partition coefficient (Wildman–Crippen LogP) is 5.47. The zero-order chi connectivity index (χ0) is 13.2. The first-order valence-corrected chi connectivity index (χ1v) is 8.79. The number of anilines is 1. The average molecular weight is 357 g/mol. The summed E-state index contributed by atoms with van der Waals surface area (Å²) in [7, 11) is 0. The van der Waals surface area contributed by atoms with Gasteiger partial charge in [0.05, 0.1) is 6.54 Å². The van der Waals surface area contributed by atoms with Crippen molar-refractivity contribution >= 4 is 44.6 Å². The van der Waals surface area contributed by atoms with Crippen LogP contribution in [0.25, 0.3) is 0 Å². The van der Waals surface area contributed by atoms with Gasteiger partial charge in [0.15, 0.2) is 0 Å². The fraction of sp³-hybridized carbons (Fsp3) is 0.333. The van der Waals surface area contributed by atoms with Crippen molar-refractivity contribution in [1.82, 2.24) is 0 Å². The monoisotopic (exact) mass is 355 g/mol. The van der Waals surface area contributed by atoms with Crippen molar-refractivity contribution in [3.8, 4) is 0 Å². The van der Waals surface area contributed by atoms with Crippen LogP contribution in [0.3, 0.4) is 0 Å². The Morgan fingerprint density at radius 3 is 2.74 bits per heavy atom. The first-order chi connectivity index (χ1) is 9.28. The molecule has 0 radical (unpaired) electrons. The summed E-state index contributed by atoms with van der Waals surface area (Å²) in [5.74, 6) is 0. The number of hydrogen-bond acceptors (Lipinski definition) is 2. The van der Waals surface area contributed by atoms with E-state index in [9.17, 15) is 0 Å². The molecule has 0 unspecified atom stereocenters. The van der Waals surface area contributed by atoms with Gasteiger partial charge < -0.3 is 4.90 Å². The smallest absolute Gasteiger partial charge is 0.0525 e. The Labute approximate surface area is 131 Å². The van der Waals surface area contributed by atoms with Crippen LogP contribution < -0.4 is 4.90 Å². The SMILES string of the molecule is Clc1cc(N(Cc2cccs2)C2CC2)ccc1CBr. The Morgan fingerprint density at radius 1 is 1.32 bits per heavy atom. The first-order valence-electron chi connectivity index (χ1n) is 6.41. The molecule has 1 aromatic carbocycles. The Hall–Kier alpha value is -0.510. The molecule has 0 saturated heterocycles. The van der Waals surface area contributed by atoms with Gasteiger partial charge >= 0.3 is 0 Å². The van der Waals surface area contributed by atoms with Crippen LogP contribution in [0.5, 0.6) is 0 Å². The van der Waals surface area contributed by atoms with Gasteiger partial charge in [-0.25, -0.2) is 0 Å². The molecule has 0 atom stereocenters. The number of alkyl halides is 1. The maximum Gasteiger partial charge on any atom is 0.0525 e. The van der Waals surface area contributed by atoms with E-state index in [1.807, 2.05) is 11.3 Å². The normalized spacial score (nSPS) is 14.6. The molecule has 4 heteroatoms. The van der Waals surface area contributed by atoms with E-state index >= 15 is 0 Å². The summed E-state index contributed by atoms with van der Waals surface area (Å²) in [4.78, 5) is 3.89. The van der Waals surface area contributed by atoms with Gasteiger partial charge in [-0.15, -0.1) is 11.3 Å². The molecule has 2 aromatic rings. The molecule has 1 aromatic heterocycles. The molecule has 1 heterocycles. The quantitative estimate of drug-likeness (QED) is 0.642. The highest BCUT2D eigenvalue weighted by Gasteiger charge is 2.29. The zero-order valence-electron chi connectivity index (χ0n) is 10.5. The lowest BCUT2D eigenvalue weighted by Crippen LogP contribution is -2.24. The molecular weight excluding hydrogens is 342 g/mol. The fourth-order valence-electron chi connectivity index (χ4n) is 2.21. The number of thiophene rings is 1. The van der Waals surface area contributed by atoms with Crippen LogP contribution >= 0.6 is 38.9 Å². The molecule has 100 valence electrons. The molecule has 0 N–H and O–H groups in total. The third-order valence-electron chi connectivity index (χ3n) is 3.41. The van der Waals surface area contributed by atoms with Crippen molar-refractivity contribution in [2.45, 2.75) is 30.8 Å². The van der Waals surface area contributed by atoms with Gasteiger partial charge in [0.1, 0.15) is 0 Å². The summed E-state index contributed by atoms with van der Waals surface area (Å²) in [6.45, 7) is 0.992. The fourth-order valence-corrected chi connectivity index (χ4v) is 3.81. The summed E-state index contributed by atoms with van der Waals surface area (Å²) < 4.78 is 0. The van der Waals surface area contributed by atoms with Crippen LogP contribution in [0, 0.1) is 0 Å². The minimum atomic E-state index is 0.688. The van der Waals surface area contributed by atoms with E-state index in [1.54, 1.807) is 0 Å². The van der Waals surface area contributed by atoms with Crippen LogP contribution in [-0.4, -0.2) is 6.04 Å². The Bertz CT molecular complexity index is 551. The molecule has 1 saturated carbocycles. The topological polar surface area (TPSA) is 3.24 Å². The highest BCUT2D eigenvalue weighted by Crippen LogP contribution is 2.35. The minimum Gasteiger partial charge on any atom is -0.363 e. The second kappa shape index (κ2) is 5.86. The van der Waals surface area contributed by atoms with Gasteiger partial charge in [-0.3, -0.25) is 0 Å². The minimum absolute atomic E-state index is 0.688. The summed E-state index contributed by atoms with van der Waals surface area (Å²) in [6, 6.07) is 11.4. The Balaban J connectivity index is 1.85. The van der Waals surface area contributed by atoms with Gasteiger partial charge in [0, 0.05) is 27.0 Å². The number of rotatable bonds is 5. The molecule has 0 spiro atoms. The Kier molecular flexibility index (Phi) is 4.15. The lowest BCUT2D eigenvalue weighted by Gasteiger charge is -2.24. The van der Waals surface area contributed by atoms with Crippen molar-refractivity contribution in [3.63, 3.8) is 0 Å². The van der Waals surface area contributed by atoms with E-state index in [1.165, 1.54) is 23.4 Å². The number of hydrogen-bond donors (Lipinski definition) is 0. The number of nitrogens with zero attached hydrogens (tertiary/aromatic N) is 1. The zero-order valence-corrected chi connectivity index (χ0v) is 13.6. The third-order valence-corrected chi connectivity index (χ3v) is 5.22. The molecule has 1 aliphatic carbocycles. The van der Waals surface area contributed by atoms with Gasteiger partial charge in [-0.1, -0.05) is 39.7 Å². The molecule has 1 aliphatic rings. The van der Waals surface area contributed by atoms with Gasteiger partial charge in [-0.2, -0.15) is 0 Å². The third kappa shape index (κ3) is 3.15. The van der Waals surface area contributed by atoms with E-state index < -0.39 is 0 Å². The average Bonchev–Trinajstić information content (AvgIpc) is 3.13. The highest BCUT2D eigenvalue weighted by molar-refractivity contribution is 9.08. The lowest BCUT2D eigenvalue weighted by atomic mass is 10.2. The van der Waals surface area contributed by atoms with Crippen molar-refractivity contribution in [2.75, 3.05) is 4.90 Å². The summed E-state index contributed by atoms with van der Waals surface area (Å²) in [5, 5.41) is 3.80. The van der Waals surface area contributed by atoms with Crippen molar-refractivity contribution in [1.29, 1.82) is 0 Å². The molecular formula is C15H15BrClNS. The van der Waals surface area contributed by atoms with E-state index in [0.717, 1.165) is 22.5 Å². The van der Waals surface area contributed by atoms with Gasteiger partial charge in [-0.05, 0) is 42.0 Å². The molecule has 19 heavy (non-hydrogen) atoms. The lowest BCUT2D eigenvalue weighted by molar-refractivity contribution is 0.803. The molecule has 1 fully saturated rings. The molecule has 0 amide bonds. The van der Waals surface area contributed by atoms with E-state index in [-0.39, 0.29) is 0 Å². The van der Waals surface area contributed by atoms with Crippen LogP contribution in [0.15, 0.2) is 35.7 Å². The molecule has 0 bridgehead atoms. The summed E-state index contributed by atoms with van der Waals surface area (Å²) in [6.07, 6.45) is 2.59. The van der Waals surface area contributed by atoms with Crippen molar-refractivity contribution in [2.24, 2.45) is 0 Å². The highest BCUT2D eigenvalue weighted by atomic mass is 79.9. The molecule has 0 aliphatic heterocycles. The molecule has 1 nitrogen and oxygen atoms in total. The second-order valence-corrected chi connectivity index (χ2v) is 6.85. The van der Waals surface area contributed by atoms with Gasteiger partial charge in [0.2, 0.25) is 0 Å². The van der Waals surface area contributed by atoms with Crippen LogP contribution in [0.1, 0.15) is 23.3 Å². The van der Waals surface area contributed by atoms with Crippen molar-refractivity contribution in [3.05, 3.63) is 51.2 Å². The predicted molar refractivity (Wildman–Crippen MR) is 87.6 cm³/mol. The van der Waals surface area contributed by atoms with Crippen LogP contribution in [-0.2, 0) is 11.9 Å². The summed E-state index contributed by atoms with van der Waals surface area (Å²) >= 11 is 11.6. The second-order valence-electron chi connectivity index (χ2n) is 4.85. The Morgan fingerprint density at radius 2 is 2.16 bits per heavy atom. The van der Waals surface area contributed by atoms with E-state index in [4.69, 9.17) is 11.6 Å². The standard InChI is InChI=1S/C15H15BrClNS/c16-9-11-3-4-13(8-15(11)17)18(12-5-6-12)10-14-2-1-7-19-14/h1-4,7-8,12H,5-6,9-10H2. The largest absolute Gasteiger partial charge is 0.363 e. The van der Waals surface area contributed by atoms with Gasteiger partial charge in [0.25, 0.3) is 0 Å². The first kappa shape index (κ1) is 13.5. The van der Waals surface area contributed by atoms with Crippen LogP contribution in [0.2, 0.25) is 5.02 Å². The van der Waals surface area contributed by atoms with E-state index in [0.29, 0.717) is 6.04 Å². The van der Waals surface area contributed by atoms with E-state index in [2.05, 4.69) is 56.5 Å². The summed E-state index contributed by atoms with van der Waals surface area (Å²) in [5.41, 5.74) is 2.39. The maximum atomic E-state index is 6.33. The van der Waals surface area contributed by atoms with Crippen molar-refractivity contribution < 1.29 is 0 Å². The number of benzene rings is 1. The number of halogens is 2. The maximum absolute atomic E-state index is 6.33.